The highest BCUT2D eigenvalue weighted by Crippen LogP contribution is 2.10. The van der Waals surface area contributed by atoms with Crippen LogP contribution in [0.5, 0.6) is 5.75 Å². The third-order valence-corrected chi connectivity index (χ3v) is 3.62. The van der Waals surface area contributed by atoms with E-state index < -0.39 is 0 Å². The van der Waals surface area contributed by atoms with Gasteiger partial charge in [0.2, 0.25) is 0 Å². The molecule has 2 aromatic rings. The molecular formula is C15H18N2O2S. The van der Waals surface area contributed by atoms with E-state index in [1.54, 1.807) is 18.4 Å². The van der Waals surface area contributed by atoms with Crippen LogP contribution in [0, 0.1) is 0 Å². The van der Waals surface area contributed by atoms with E-state index in [1.807, 2.05) is 29.6 Å². The molecule has 0 saturated heterocycles. The van der Waals surface area contributed by atoms with Crippen LogP contribution in [0.4, 0.5) is 4.79 Å². The van der Waals surface area contributed by atoms with Crippen molar-refractivity contribution in [2.24, 2.45) is 0 Å². The number of hydrogen-bond acceptors (Lipinski definition) is 3. The van der Waals surface area contributed by atoms with E-state index in [1.165, 1.54) is 5.56 Å². The Morgan fingerprint density at radius 1 is 1.15 bits per heavy atom. The van der Waals surface area contributed by atoms with Gasteiger partial charge in [-0.1, -0.05) is 12.1 Å². The summed E-state index contributed by atoms with van der Waals surface area (Å²) in [5, 5.41) is 9.81. The van der Waals surface area contributed by atoms with Crippen molar-refractivity contribution in [1.29, 1.82) is 0 Å². The molecule has 4 nitrogen and oxygen atoms in total. The third-order valence-electron chi connectivity index (χ3n) is 2.89. The fourth-order valence-corrected chi connectivity index (χ4v) is 2.45. The van der Waals surface area contributed by atoms with Crippen molar-refractivity contribution in [3.05, 3.63) is 52.2 Å². The lowest BCUT2D eigenvalue weighted by atomic mass is 10.2. The van der Waals surface area contributed by atoms with Crippen LogP contribution >= 0.6 is 11.3 Å². The summed E-state index contributed by atoms with van der Waals surface area (Å²) in [6.07, 6.45) is 0.861. The molecule has 0 aliphatic carbocycles. The molecule has 2 N–H and O–H groups in total. The Hall–Kier alpha value is -2.01. The Labute approximate surface area is 122 Å². The Morgan fingerprint density at radius 3 is 2.60 bits per heavy atom. The van der Waals surface area contributed by atoms with Crippen molar-refractivity contribution in [3.8, 4) is 5.75 Å². The zero-order chi connectivity index (χ0) is 14.2. The van der Waals surface area contributed by atoms with Crippen LogP contribution in [-0.4, -0.2) is 19.7 Å². The molecule has 2 amide bonds. The first kappa shape index (κ1) is 14.4. The molecule has 20 heavy (non-hydrogen) atoms. The van der Waals surface area contributed by atoms with Gasteiger partial charge in [0, 0.05) is 13.1 Å². The van der Waals surface area contributed by atoms with E-state index in [0.29, 0.717) is 13.1 Å². The van der Waals surface area contributed by atoms with Gasteiger partial charge < -0.3 is 15.4 Å². The van der Waals surface area contributed by atoms with Gasteiger partial charge >= 0.3 is 6.03 Å². The molecule has 2 rings (SSSR count). The smallest absolute Gasteiger partial charge is 0.315 e. The molecule has 1 aromatic heterocycles. The maximum Gasteiger partial charge on any atom is 0.315 e. The zero-order valence-corrected chi connectivity index (χ0v) is 12.2. The van der Waals surface area contributed by atoms with Crippen LogP contribution < -0.4 is 15.4 Å². The maximum atomic E-state index is 11.6. The van der Waals surface area contributed by atoms with Crippen molar-refractivity contribution in [3.63, 3.8) is 0 Å². The molecule has 5 heteroatoms. The summed E-state index contributed by atoms with van der Waals surface area (Å²) < 4.78 is 5.08. The van der Waals surface area contributed by atoms with E-state index in [9.17, 15) is 4.79 Å². The van der Waals surface area contributed by atoms with Crippen molar-refractivity contribution < 1.29 is 9.53 Å². The summed E-state index contributed by atoms with van der Waals surface area (Å²) >= 11 is 1.67. The number of carbonyl (C=O) groups is 1. The van der Waals surface area contributed by atoms with Gasteiger partial charge in [-0.05, 0) is 46.5 Å². The van der Waals surface area contributed by atoms with E-state index >= 15 is 0 Å². The van der Waals surface area contributed by atoms with Crippen molar-refractivity contribution in [2.45, 2.75) is 13.0 Å². The van der Waals surface area contributed by atoms with Crippen LogP contribution in [0.2, 0.25) is 0 Å². The Balaban J connectivity index is 1.66. The molecule has 0 spiro atoms. The molecule has 0 bridgehead atoms. The summed E-state index contributed by atoms with van der Waals surface area (Å²) in [4.78, 5) is 11.6. The summed E-state index contributed by atoms with van der Waals surface area (Å²) in [5.74, 6) is 0.814. The van der Waals surface area contributed by atoms with Gasteiger partial charge in [-0.2, -0.15) is 11.3 Å². The van der Waals surface area contributed by atoms with Gasteiger partial charge in [0.25, 0.3) is 0 Å². The molecule has 0 aliphatic heterocycles. The van der Waals surface area contributed by atoms with Crippen molar-refractivity contribution in [2.75, 3.05) is 13.7 Å². The number of urea groups is 1. The summed E-state index contributed by atoms with van der Waals surface area (Å²) in [7, 11) is 1.63. The largest absolute Gasteiger partial charge is 0.497 e. The lowest BCUT2D eigenvalue weighted by Crippen LogP contribution is -2.36. The van der Waals surface area contributed by atoms with E-state index in [0.717, 1.165) is 17.7 Å². The second kappa shape index (κ2) is 7.55. The Bertz CT molecular complexity index is 523. The van der Waals surface area contributed by atoms with Gasteiger partial charge in [-0.25, -0.2) is 4.79 Å². The van der Waals surface area contributed by atoms with E-state index in [-0.39, 0.29) is 6.03 Å². The fourth-order valence-electron chi connectivity index (χ4n) is 1.74. The molecule has 0 saturated carbocycles. The first-order valence-corrected chi connectivity index (χ1v) is 7.38. The zero-order valence-electron chi connectivity index (χ0n) is 11.4. The number of amides is 2. The number of thiophene rings is 1. The predicted molar refractivity (Wildman–Crippen MR) is 81.3 cm³/mol. The topological polar surface area (TPSA) is 50.4 Å². The Kier molecular flexibility index (Phi) is 5.43. The predicted octanol–water partition coefficient (Wildman–Crippen LogP) is 2.80. The van der Waals surface area contributed by atoms with Gasteiger partial charge in [-0.15, -0.1) is 0 Å². The normalized spacial score (nSPS) is 10.1. The average molecular weight is 290 g/mol. The van der Waals surface area contributed by atoms with Crippen LogP contribution in [0.15, 0.2) is 41.1 Å². The Morgan fingerprint density at radius 2 is 1.95 bits per heavy atom. The van der Waals surface area contributed by atoms with E-state index in [4.69, 9.17) is 4.74 Å². The van der Waals surface area contributed by atoms with Crippen LogP contribution in [-0.2, 0) is 13.0 Å². The number of carbonyl (C=O) groups excluding carboxylic acids is 1. The second-order valence-corrected chi connectivity index (χ2v) is 5.12. The molecule has 0 atom stereocenters. The summed E-state index contributed by atoms with van der Waals surface area (Å²) in [6, 6.07) is 9.56. The van der Waals surface area contributed by atoms with Crippen LogP contribution in [0.1, 0.15) is 11.1 Å². The molecule has 0 fully saturated rings. The van der Waals surface area contributed by atoms with Crippen LogP contribution in [0.25, 0.3) is 0 Å². The molecular weight excluding hydrogens is 272 g/mol. The molecule has 0 aliphatic rings. The quantitative estimate of drug-likeness (QED) is 0.859. The summed E-state index contributed by atoms with van der Waals surface area (Å²) in [6.45, 7) is 1.15. The highest BCUT2D eigenvalue weighted by molar-refractivity contribution is 7.07. The molecule has 1 heterocycles. The van der Waals surface area contributed by atoms with E-state index in [2.05, 4.69) is 22.1 Å². The lowest BCUT2D eigenvalue weighted by Gasteiger charge is -2.08. The lowest BCUT2D eigenvalue weighted by molar-refractivity contribution is 0.240. The van der Waals surface area contributed by atoms with Crippen molar-refractivity contribution in [1.82, 2.24) is 10.6 Å². The summed E-state index contributed by atoms with van der Waals surface area (Å²) in [5.41, 5.74) is 2.30. The van der Waals surface area contributed by atoms with Gasteiger partial charge in [0.15, 0.2) is 0 Å². The second-order valence-electron chi connectivity index (χ2n) is 4.34. The fraction of sp³-hybridized carbons (Fsp3) is 0.267. The first-order valence-electron chi connectivity index (χ1n) is 6.43. The highest BCUT2D eigenvalue weighted by atomic mass is 32.1. The van der Waals surface area contributed by atoms with Gasteiger partial charge in [0.05, 0.1) is 7.11 Å². The van der Waals surface area contributed by atoms with Crippen LogP contribution in [0.3, 0.4) is 0 Å². The standard InChI is InChI=1S/C15H18N2O2S/c1-19-14-4-2-12(3-5-14)10-17-15(18)16-8-6-13-7-9-20-11-13/h2-5,7,9,11H,6,8,10H2,1H3,(H2,16,17,18). The number of benzene rings is 1. The van der Waals surface area contributed by atoms with Crippen molar-refractivity contribution >= 4 is 17.4 Å². The number of ether oxygens (including phenoxy) is 1. The SMILES string of the molecule is COc1ccc(CNC(=O)NCCc2ccsc2)cc1. The molecule has 106 valence electrons. The molecule has 0 radical (unpaired) electrons. The van der Waals surface area contributed by atoms with Gasteiger partial charge in [0.1, 0.15) is 5.75 Å². The number of methoxy groups -OCH3 is 1. The maximum absolute atomic E-state index is 11.6. The monoisotopic (exact) mass is 290 g/mol. The minimum Gasteiger partial charge on any atom is -0.497 e. The molecule has 0 unspecified atom stereocenters. The number of rotatable bonds is 6. The van der Waals surface area contributed by atoms with Gasteiger partial charge in [-0.3, -0.25) is 0 Å². The third kappa shape index (κ3) is 4.59. The average Bonchev–Trinajstić information content (AvgIpc) is 2.99. The first-order chi connectivity index (χ1) is 9.78. The highest BCUT2D eigenvalue weighted by Gasteiger charge is 2.01. The minimum atomic E-state index is -0.143. The molecule has 1 aromatic carbocycles. The number of nitrogens with one attached hydrogen (secondary N) is 2. The minimum absolute atomic E-state index is 0.143. The number of hydrogen-bond donors (Lipinski definition) is 2.